The molecule has 1 amide bonds. The van der Waals surface area contributed by atoms with Gasteiger partial charge >= 0.3 is 5.69 Å². The van der Waals surface area contributed by atoms with Crippen molar-refractivity contribution in [1.29, 1.82) is 0 Å². The normalized spacial score (nSPS) is 10.6. The van der Waals surface area contributed by atoms with Gasteiger partial charge in [0.1, 0.15) is 12.4 Å². The van der Waals surface area contributed by atoms with Gasteiger partial charge in [-0.15, -0.1) is 0 Å². The maximum Gasteiger partial charge on any atom is 0.306 e. The lowest BCUT2D eigenvalue weighted by atomic mass is 10.3. The first kappa shape index (κ1) is 16.0. The van der Waals surface area contributed by atoms with Gasteiger partial charge in [-0.3, -0.25) is 24.3 Å². The second kappa shape index (κ2) is 7.55. The molecule has 2 aromatic rings. The van der Waals surface area contributed by atoms with Crippen LogP contribution in [0, 0.1) is 10.1 Å². The van der Waals surface area contributed by atoms with Gasteiger partial charge in [0.15, 0.2) is 0 Å². The molecule has 1 N–H and O–H groups in total. The van der Waals surface area contributed by atoms with Crippen LogP contribution in [0.3, 0.4) is 0 Å². The first-order chi connectivity index (χ1) is 10.5. The summed E-state index contributed by atoms with van der Waals surface area (Å²) < 4.78 is 3.08. The van der Waals surface area contributed by atoms with E-state index in [4.69, 9.17) is 11.6 Å². The largest absolute Gasteiger partial charge is 0.356 e. The lowest BCUT2D eigenvalue weighted by Crippen LogP contribution is -2.26. The Morgan fingerprint density at radius 2 is 2.00 bits per heavy atom. The number of carbonyl (C=O) groups is 1. The Kier molecular flexibility index (Phi) is 5.48. The summed E-state index contributed by atoms with van der Waals surface area (Å²) in [5, 5.41) is 21.7. The van der Waals surface area contributed by atoms with Crippen molar-refractivity contribution < 1.29 is 9.72 Å². The number of halogens is 1. The number of aromatic nitrogens is 4. The molecule has 0 radical (unpaired) electrons. The van der Waals surface area contributed by atoms with Gasteiger partial charge in [-0.25, -0.2) is 0 Å². The summed E-state index contributed by atoms with van der Waals surface area (Å²) in [5.41, 5.74) is -0.0849. The number of hydrogen-bond donors (Lipinski definition) is 1. The lowest BCUT2D eigenvalue weighted by molar-refractivity contribution is -0.385. The van der Waals surface area contributed by atoms with E-state index in [0.29, 0.717) is 24.7 Å². The van der Waals surface area contributed by atoms with Crippen LogP contribution in [0.5, 0.6) is 0 Å². The summed E-state index contributed by atoms with van der Waals surface area (Å²) in [7, 11) is 0. The van der Waals surface area contributed by atoms with Gasteiger partial charge in [0, 0.05) is 32.3 Å². The molecule has 0 aliphatic heterocycles. The highest BCUT2D eigenvalue weighted by Gasteiger charge is 2.09. The van der Waals surface area contributed by atoms with Crippen molar-refractivity contribution in [3.8, 4) is 0 Å². The van der Waals surface area contributed by atoms with Crippen molar-refractivity contribution in [1.82, 2.24) is 24.9 Å². The van der Waals surface area contributed by atoms with E-state index in [9.17, 15) is 14.9 Å². The predicted octanol–water partition coefficient (Wildman–Crippen LogP) is 1.24. The minimum absolute atomic E-state index is 0.0849. The first-order valence-corrected chi connectivity index (χ1v) is 7.04. The molecule has 0 unspecified atom stereocenters. The van der Waals surface area contributed by atoms with Crippen molar-refractivity contribution in [3.05, 3.63) is 39.9 Å². The fourth-order valence-electron chi connectivity index (χ4n) is 1.80. The van der Waals surface area contributed by atoms with Crippen molar-refractivity contribution in [2.24, 2.45) is 0 Å². The number of nitrogens with zero attached hydrogens (tertiary/aromatic N) is 5. The maximum atomic E-state index is 11.6. The Balaban J connectivity index is 1.62. The highest BCUT2D eigenvalue weighted by molar-refractivity contribution is 6.30. The summed E-state index contributed by atoms with van der Waals surface area (Å²) in [6.45, 7) is 1.49. The summed E-state index contributed by atoms with van der Waals surface area (Å²) >= 11 is 5.74. The molecule has 0 spiro atoms. The van der Waals surface area contributed by atoms with Crippen molar-refractivity contribution >= 4 is 23.2 Å². The molecule has 0 aliphatic carbocycles. The number of nitro groups is 1. The molecular formula is C12H15ClN6O3. The summed E-state index contributed by atoms with van der Waals surface area (Å²) in [4.78, 5) is 21.6. The predicted molar refractivity (Wildman–Crippen MR) is 78.4 cm³/mol. The van der Waals surface area contributed by atoms with Crippen LogP contribution >= 0.6 is 11.6 Å². The van der Waals surface area contributed by atoms with Gasteiger partial charge in [-0.05, 0) is 6.42 Å². The minimum atomic E-state index is -0.523. The van der Waals surface area contributed by atoms with Crippen LogP contribution in [-0.4, -0.2) is 36.9 Å². The second-order valence-corrected chi connectivity index (χ2v) is 5.03. The van der Waals surface area contributed by atoms with E-state index in [1.165, 1.54) is 10.9 Å². The molecule has 22 heavy (non-hydrogen) atoms. The van der Waals surface area contributed by atoms with Crippen LogP contribution in [0.4, 0.5) is 5.69 Å². The quantitative estimate of drug-likeness (QED) is 0.446. The smallest absolute Gasteiger partial charge is 0.306 e. The number of hydrogen-bond acceptors (Lipinski definition) is 5. The van der Waals surface area contributed by atoms with E-state index < -0.39 is 4.92 Å². The third-order valence-electron chi connectivity index (χ3n) is 2.89. The molecule has 0 aliphatic rings. The van der Waals surface area contributed by atoms with E-state index in [1.54, 1.807) is 17.1 Å². The SMILES string of the molecule is O=C(CCn1cc([N+](=O)[O-])cn1)NCCCn1cc(Cl)cn1. The third-order valence-corrected chi connectivity index (χ3v) is 3.08. The van der Waals surface area contributed by atoms with Crippen LogP contribution in [0.2, 0.25) is 5.02 Å². The molecule has 0 atom stereocenters. The van der Waals surface area contributed by atoms with Gasteiger partial charge in [0.2, 0.25) is 5.91 Å². The van der Waals surface area contributed by atoms with E-state index in [1.807, 2.05) is 0 Å². The van der Waals surface area contributed by atoms with E-state index in [-0.39, 0.29) is 18.0 Å². The fourth-order valence-corrected chi connectivity index (χ4v) is 1.96. The van der Waals surface area contributed by atoms with Gasteiger partial charge in [-0.1, -0.05) is 11.6 Å². The van der Waals surface area contributed by atoms with Crippen molar-refractivity contribution in [2.45, 2.75) is 25.9 Å². The Bertz CT molecular complexity index is 653. The molecule has 0 saturated carbocycles. The van der Waals surface area contributed by atoms with Crippen LogP contribution in [-0.2, 0) is 17.9 Å². The molecule has 9 nitrogen and oxygen atoms in total. The maximum absolute atomic E-state index is 11.6. The molecule has 0 bridgehead atoms. The molecule has 2 heterocycles. The monoisotopic (exact) mass is 326 g/mol. The van der Waals surface area contributed by atoms with E-state index in [2.05, 4.69) is 15.5 Å². The van der Waals surface area contributed by atoms with Gasteiger partial charge < -0.3 is 5.32 Å². The number of nitrogens with one attached hydrogen (secondary N) is 1. The highest BCUT2D eigenvalue weighted by atomic mass is 35.5. The average molecular weight is 327 g/mol. The van der Waals surface area contributed by atoms with Crippen LogP contribution < -0.4 is 5.32 Å². The summed E-state index contributed by atoms with van der Waals surface area (Å²) in [6.07, 6.45) is 6.68. The summed E-state index contributed by atoms with van der Waals surface area (Å²) in [6, 6.07) is 0. The summed E-state index contributed by atoms with van der Waals surface area (Å²) in [5.74, 6) is -0.128. The topological polar surface area (TPSA) is 108 Å². The van der Waals surface area contributed by atoms with Crippen molar-refractivity contribution in [2.75, 3.05) is 6.54 Å². The molecule has 0 saturated heterocycles. The molecule has 0 fully saturated rings. The fraction of sp³-hybridized carbons (Fsp3) is 0.417. The Morgan fingerprint density at radius 1 is 1.27 bits per heavy atom. The number of carbonyl (C=O) groups excluding carboxylic acids is 1. The average Bonchev–Trinajstić information content (AvgIpc) is 3.10. The molecule has 118 valence electrons. The zero-order valence-corrected chi connectivity index (χ0v) is 12.4. The Labute approximate surface area is 131 Å². The molecule has 2 rings (SSSR count). The first-order valence-electron chi connectivity index (χ1n) is 6.66. The number of rotatable bonds is 8. The minimum Gasteiger partial charge on any atom is -0.356 e. The van der Waals surface area contributed by atoms with Crippen LogP contribution in [0.25, 0.3) is 0 Å². The Morgan fingerprint density at radius 3 is 2.64 bits per heavy atom. The molecular weight excluding hydrogens is 312 g/mol. The van der Waals surface area contributed by atoms with Crippen LogP contribution in [0.1, 0.15) is 12.8 Å². The zero-order chi connectivity index (χ0) is 15.9. The standard InChI is InChI=1S/C12H15ClN6O3/c13-10-6-15-17(8-10)4-1-3-14-12(20)2-5-18-9-11(7-16-18)19(21)22/h6-9H,1-5H2,(H,14,20). The van der Waals surface area contributed by atoms with E-state index >= 15 is 0 Å². The van der Waals surface area contributed by atoms with Crippen molar-refractivity contribution in [3.63, 3.8) is 0 Å². The molecule has 10 heteroatoms. The number of amides is 1. The molecule has 0 aromatic carbocycles. The second-order valence-electron chi connectivity index (χ2n) is 4.59. The highest BCUT2D eigenvalue weighted by Crippen LogP contribution is 2.08. The van der Waals surface area contributed by atoms with E-state index in [0.717, 1.165) is 12.6 Å². The van der Waals surface area contributed by atoms with Gasteiger partial charge in [0.25, 0.3) is 0 Å². The zero-order valence-electron chi connectivity index (χ0n) is 11.7. The van der Waals surface area contributed by atoms with Gasteiger partial charge in [-0.2, -0.15) is 10.2 Å². The third kappa shape index (κ3) is 4.85. The van der Waals surface area contributed by atoms with Gasteiger partial charge in [0.05, 0.1) is 16.1 Å². The van der Waals surface area contributed by atoms with Crippen LogP contribution in [0.15, 0.2) is 24.8 Å². The Hall–Kier alpha value is -2.42. The molecule has 2 aromatic heterocycles. The number of aryl methyl sites for hydroxylation is 2. The lowest BCUT2D eigenvalue weighted by Gasteiger charge is -2.05.